The lowest BCUT2D eigenvalue weighted by molar-refractivity contribution is -0.144. The molecule has 1 atom stereocenters. The molecule has 6 nitrogen and oxygen atoms in total. The van der Waals surface area contributed by atoms with Crippen molar-refractivity contribution in [1.82, 2.24) is 4.90 Å². The van der Waals surface area contributed by atoms with Crippen LogP contribution in [0.5, 0.6) is 0 Å². The normalized spacial score (nSPS) is 25.2. The van der Waals surface area contributed by atoms with Gasteiger partial charge in [-0.1, -0.05) is 12.1 Å². The van der Waals surface area contributed by atoms with Crippen molar-refractivity contribution in [2.24, 2.45) is 0 Å². The third kappa shape index (κ3) is 1.89. The van der Waals surface area contributed by atoms with E-state index in [9.17, 15) is 23.9 Å². The predicted molar refractivity (Wildman–Crippen MR) is 70.6 cm³/mol. The van der Waals surface area contributed by atoms with Gasteiger partial charge in [-0.15, -0.1) is 0 Å². The van der Waals surface area contributed by atoms with Gasteiger partial charge in [-0.3, -0.25) is 14.4 Å². The molecule has 7 heteroatoms. The second kappa shape index (κ2) is 4.66. The summed E-state index contributed by atoms with van der Waals surface area (Å²) in [6, 6.07) is 4.99. The minimum Gasteiger partial charge on any atom is -0.501 e. The Morgan fingerprint density at radius 1 is 1.14 bits per heavy atom. The minimum absolute atomic E-state index is 0.000423. The maximum Gasteiger partial charge on any atom is 0.252 e. The molecule has 1 N–H and O–H groups in total. The van der Waals surface area contributed by atoms with Crippen LogP contribution in [0.15, 0.2) is 35.9 Å². The highest BCUT2D eigenvalue weighted by Gasteiger charge is 2.52. The van der Waals surface area contributed by atoms with Crippen LogP contribution in [0, 0.1) is 5.82 Å². The zero-order chi connectivity index (χ0) is 16.1. The van der Waals surface area contributed by atoms with E-state index in [1.807, 2.05) is 0 Å². The largest absolute Gasteiger partial charge is 0.501 e. The molecule has 0 aliphatic carbocycles. The summed E-state index contributed by atoms with van der Waals surface area (Å²) in [5, 5.41) is 9.99. The third-order valence-electron chi connectivity index (χ3n) is 3.80. The predicted octanol–water partition coefficient (Wildman–Crippen LogP) is 1.52. The first-order valence-corrected chi connectivity index (χ1v) is 6.63. The standard InChI is InChI=1S/C15H12FNO5/c1-15(8-2-4-9(16)5-3-8)13(21)12(20)14(22-15)17-10(18)6-7-11(17)19/h2-5,20H,6-7H2,1H3. The van der Waals surface area contributed by atoms with Crippen LogP contribution < -0.4 is 0 Å². The molecule has 2 amide bonds. The van der Waals surface area contributed by atoms with Crippen molar-refractivity contribution in [1.29, 1.82) is 0 Å². The quantitative estimate of drug-likeness (QED) is 0.837. The third-order valence-corrected chi connectivity index (χ3v) is 3.80. The van der Waals surface area contributed by atoms with Crippen LogP contribution in [0.25, 0.3) is 0 Å². The molecule has 1 aromatic rings. The molecule has 2 aliphatic rings. The molecule has 0 saturated carbocycles. The van der Waals surface area contributed by atoms with E-state index in [1.165, 1.54) is 19.1 Å². The van der Waals surface area contributed by atoms with Crippen molar-refractivity contribution in [2.75, 3.05) is 0 Å². The Morgan fingerprint density at radius 2 is 1.68 bits per heavy atom. The smallest absolute Gasteiger partial charge is 0.252 e. The number of aliphatic hydroxyl groups excluding tert-OH is 1. The monoisotopic (exact) mass is 305 g/mol. The van der Waals surface area contributed by atoms with Crippen LogP contribution in [-0.4, -0.2) is 27.6 Å². The Kier molecular flexibility index (Phi) is 3.01. The maximum absolute atomic E-state index is 13.0. The van der Waals surface area contributed by atoms with Crippen LogP contribution in [0.3, 0.4) is 0 Å². The highest BCUT2D eigenvalue weighted by molar-refractivity contribution is 6.08. The summed E-state index contributed by atoms with van der Waals surface area (Å²) in [4.78, 5) is 36.5. The Hall–Kier alpha value is -2.70. The summed E-state index contributed by atoms with van der Waals surface area (Å²) in [7, 11) is 0. The highest BCUT2D eigenvalue weighted by atomic mass is 19.1. The number of Topliss-reactive ketones (excluding diaryl/α,β-unsaturated/α-hetero) is 1. The number of ether oxygens (including phenoxy) is 1. The number of nitrogens with zero attached hydrogens (tertiary/aromatic N) is 1. The van der Waals surface area contributed by atoms with Crippen LogP contribution in [0.4, 0.5) is 4.39 Å². The topological polar surface area (TPSA) is 83.9 Å². The molecule has 1 aromatic carbocycles. The molecule has 22 heavy (non-hydrogen) atoms. The maximum atomic E-state index is 13.0. The molecule has 2 aliphatic heterocycles. The fraction of sp³-hybridized carbons (Fsp3) is 0.267. The Morgan fingerprint density at radius 3 is 2.23 bits per heavy atom. The lowest BCUT2D eigenvalue weighted by Crippen LogP contribution is -2.33. The number of ketones is 1. The van der Waals surface area contributed by atoms with Crippen LogP contribution in [0.1, 0.15) is 25.3 Å². The summed E-state index contributed by atoms with van der Waals surface area (Å²) in [6.07, 6.45) is 0.000846. The van der Waals surface area contributed by atoms with Gasteiger partial charge in [-0.25, -0.2) is 9.29 Å². The SMILES string of the molecule is CC1(c2ccc(F)cc2)OC(N2C(=O)CCC2=O)=C(O)C1=O. The molecule has 1 fully saturated rings. The van der Waals surface area contributed by atoms with E-state index in [4.69, 9.17) is 4.74 Å². The Balaban J connectivity index is 2.00. The van der Waals surface area contributed by atoms with Gasteiger partial charge in [-0.05, 0) is 19.1 Å². The zero-order valence-corrected chi connectivity index (χ0v) is 11.6. The van der Waals surface area contributed by atoms with Crippen molar-refractivity contribution in [3.8, 4) is 0 Å². The number of halogens is 1. The van der Waals surface area contributed by atoms with Crippen molar-refractivity contribution in [3.05, 3.63) is 47.3 Å². The Bertz CT molecular complexity index is 708. The lowest BCUT2D eigenvalue weighted by Gasteiger charge is -2.25. The number of hydrogen-bond donors (Lipinski definition) is 1. The number of carbonyl (C=O) groups excluding carboxylic acids is 3. The lowest BCUT2D eigenvalue weighted by atomic mass is 9.92. The molecule has 0 spiro atoms. The number of likely N-dealkylation sites (tertiary alicyclic amines) is 1. The van der Waals surface area contributed by atoms with E-state index in [0.717, 1.165) is 12.1 Å². The number of aliphatic hydroxyl groups is 1. The number of carbonyl (C=O) groups is 3. The Labute approximate surface area is 124 Å². The van der Waals surface area contributed by atoms with Crippen molar-refractivity contribution < 1.29 is 28.6 Å². The van der Waals surface area contributed by atoms with Gasteiger partial charge in [0.25, 0.3) is 11.7 Å². The molecule has 2 heterocycles. The van der Waals surface area contributed by atoms with Gasteiger partial charge < -0.3 is 9.84 Å². The molecule has 1 saturated heterocycles. The summed E-state index contributed by atoms with van der Waals surface area (Å²) in [6.45, 7) is 1.39. The zero-order valence-electron chi connectivity index (χ0n) is 11.6. The van der Waals surface area contributed by atoms with Gasteiger partial charge in [0.1, 0.15) is 5.82 Å². The number of benzene rings is 1. The average molecular weight is 305 g/mol. The number of hydrogen-bond acceptors (Lipinski definition) is 5. The molecular formula is C15H12FNO5. The van der Waals surface area contributed by atoms with E-state index in [-0.39, 0.29) is 12.8 Å². The van der Waals surface area contributed by atoms with Crippen LogP contribution >= 0.6 is 0 Å². The van der Waals surface area contributed by atoms with Crippen LogP contribution in [0.2, 0.25) is 0 Å². The molecule has 1 unspecified atom stereocenters. The first-order valence-electron chi connectivity index (χ1n) is 6.63. The van der Waals surface area contributed by atoms with E-state index >= 15 is 0 Å². The molecular weight excluding hydrogens is 293 g/mol. The number of amides is 2. The fourth-order valence-electron chi connectivity index (χ4n) is 2.52. The molecule has 114 valence electrons. The van der Waals surface area contributed by atoms with E-state index in [1.54, 1.807) is 0 Å². The van der Waals surface area contributed by atoms with Crippen molar-refractivity contribution >= 4 is 17.6 Å². The number of rotatable bonds is 2. The van der Waals surface area contributed by atoms with Crippen molar-refractivity contribution in [3.63, 3.8) is 0 Å². The van der Waals surface area contributed by atoms with E-state index in [0.29, 0.717) is 10.5 Å². The summed E-state index contributed by atoms with van der Waals surface area (Å²) in [5.74, 6) is -3.59. The van der Waals surface area contributed by atoms with E-state index in [2.05, 4.69) is 0 Å². The molecule has 3 rings (SSSR count). The van der Waals surface area contributed by atoms with Crippen molar-refractivity contribution in [2.45, 2.75) is 25.4 Å². The van der Waals surface area contributed by atoms with Gasteiger partial charge >= 0.3 is 0 Å². The summed E-state index contributed by atoms with van der Waals surface area (Å²) < 4.78 is 18.5. The second-order valence-corrected chi connectivity index (χ2v) is 5.25. The minimum atomic E-state index is -1.61. The number of imide groups is 1. The first kappa shape index (κ1) is 14.2. The molecule has 0 radical (unpaired) electrons. The van der Waals surface area contributed by atoms with Crippen LogP contribution in [-0.2, 0) is 24.7 Å². The summed E-state index contributed by atoms with van der Waals surface area (Å²) >= 11 is 0. The highest BCUT2D eigenvalue weighted by Crippen LogP contribution is 2.40. The van der Waals surface area contributed by atoms with Gasteiger partial charge in [0.2, 0.25) is 17.6 Å². The van der Waals surface area contributed by atoms with Gasteiger partial charge in [-0.2, -0.15) is 0 Å². The molecule has 0 aromatic heterocycles. The van der Waals surface area contributed by atoms with E-state index < -0.39 is 40.7 Å². The fourth-order valence-corrected chi connectivity index (χ4v) is 2.52. The summed E-state index contributed by atoms with van der Waals surface area (Å²) in [5.41, 5.74) is -1.31. The van der Waals surface area contributed by atoms with Gasteiger partial charge in [0.05, 0.1) is 0 Å². The average Bonchev–Trinajstić information content (AvgIpc) is 2.93. The van der Waals surface area contributed by atoms with Gasteiger partial charge in [0.15, 0.2) is 5.60 Å². The van der Waals surface area contributed by atoms with Gasteiger partial charge in [0, 0.05) is 18.4 Å². The first-order chi connectivity index (χ1) is 10.3. The second-order valence-electron chi connectivity index (χ2n) is 5.25. The molecule has 0 bridgehead atoms.